The van der Waals surface area contributed by atoms with Gasteiger partial charge in [0.1, 0.15) is 0 Å². The number of carbonyl (C=O) groups is 1. The van der Waals surface area contributed by atoms with Gasteiger partial charge in [-0.25, -0.2) is 13.8 Å². The first-order chi connectivity index (χ1) is 13.9. The minimum atomic E-state index is -3.68. The Morgan fingerprint density at radius 2 is 1.72 bits per heavy atom. The van der Waals surface area contributed by atoms with E-state index in [1.807, 2.05) is 13.0 Å². The van der Waals surface area contributed by atoms with Gasteiger partial charge in [0.2, 0.25) is 0 Å². The second kappa shape index (κ2) is 8.66. The van der Waals surface area contributed by atoms with Crippen molar-refractivity contribution in [1.29, 1.82) is 0 Å². The van der Waals surface area contributed by atoms with Crippen molar-refractivity contribution in [2.75, 3.05) is 11.4 Å². The van der Waals surface area contributed by atoms with E-state index in [1.165, 1.54) is 17.6 Å². The molecule has 1 N–H and O–H groups in total. The van der Waals surface area contributed by atoms with Crippen molar-refractivity contribution in [3.05, 3.63) is 89.7 Å². The van der Waals surface area contributed by atoms with Crippen LogP contribution in [0.25, 0.3) is 0 Å². The molecule has 3 aromatic rings. The van der Waals surface area contributed by atoms with Gasteiger partial charge < -0.3 is 0 Å². The lowest BCUT2D eigenvalue weighted by Crippen LogP contribution is -2.26. The molecule has 0 saturated heterocycles. The van der Waals surface area contributed by atoms with E-state index in [1.54, 1.807) is 66.9 Å². The number of hydrazone groups is 1. The molecule has 1 aromatic heterocycles. The van der Waals surface area contributed by atoms with E-state index >= 15 is 0 Å². The zero-order chi connectivity index (χ0) is 20.9. The summed E-state index contributed by atoms with van der Waals surface area (Å²) in [7, 11) is -2.21. The van der Waals surface area contributed by atoms with Gasteiger partial charge in [0.15, 0.2) is 0 Å². The number of hydrogen-bond donors (Lipinski definition) is 1. The highest BCUT2D eigenvalue weighted by atomic mass is 32.2. The quantitative estimate of drug-likeness (QED) is 0.501. The molecule has 0 aliphatic heterocycles. The number of sulfonamides is 1. The number of anilines is 1. The fourth-order valence-corrected chi connectivity index (χ4v) is 3.70. The van der Waals surface area contributed by atoms with E-state index < -0.39 is 15.9 Å². The number of nitrogens with one attached hydrogen (secondary N) is 1. The molecular formula is C21H20N4O3S. The van der Waals surface area contributed by atoms with Gasteiger partial charge in [-0.3, -0.25) is 14.1 Å². The van der Waals surface area contributed by atoms with Crippen LogP contribution in [0.4, 0.5) is 5.69 Å². The van der Waals surface area contributed by atoms with Crippen molar-refractivity contribution in [3.8, 4) is 0 Å². The van der Waals surface area contributed by atoms with Crippen LogP contribution in [0.5, 0.6) is 0 Å². The number of benzene rings is 2. The topological polar surface area (TPSA) is 91.7 Å². The second-order valence-corrected chi connectivity index (χ2v) is 8.26. The highest BCUT2D eigenvalue weighted by Gasteiger charge is 2.21. The summed E-state index contributed by atoms with van der Waals surface area (Å²) in [6.07, 6.45) is 3.07. The summed E-state index contributed by atoms with van der Waals surface area (Å²) in [4.78, 5) is 16.5. The molecule has 29 heavy (non-hydrogen) atoms. The average molecular weight is 408 g/mol. The van der Waals surface area contributed by atoms with Gasteiger partial charge >= 0.3 is 0 Å². The van der Waals surface area contributed by atoms with Crippen molar-refractivity contribution in [3.63, 3.8) is 0 Å². The number of nitrogens with zero attached hydrogens (tertiary/aromatic N) is 3. The number of amides is 1. The lowest BCUT2D eigenvalue weighted by Gasteiger charge is -2.19. The molecule has 0 bridgehead atoms. The maximum absolute atomic E-state index is 12.8. The van der Waals surface area contributed by atoms with Crippen LogP contribution in [0.2, 0.25) is 0 Å². The van der Waals surface area contributed by atoms with Crippen LogP contribution in [0.15, 0.2) is 82.9 Å². The molecule has 1 heterocycles. The third-order valence-electron chi connectivity index (χ3n) is 4.22. The van der Waals surface area contributed by atoms with Crippen molar-refractivity contribution < 1.29 is 13.2 Å². The third-order valence-corrected chi connectivity index (χ3v) is 6.02. The molecule has 148 valence electrons. The molecule has 3 rings (SSSR count). The minimum Gasteiger partial charge on any atom is -0.269 e. The van der Waals surface area contributed by atoms with Crippen LogP contribution >= 0.6 is 0 Å². The maximum atomic E-state index is 12.8. The predicted molar refractivity (Wildman–Crippen MR) is 113 cm³/mol. The maximum Gasteiger partial charge on any atom is 0.271 e. The molecule has 0 aliphatic rings. The third kappa shape index (κ3) is 4.85. The Labute approximate surface area is 169 Å². The molecule has 0 aliphatic carbocycles. The SMILES string of the molecule is Cc1ccc(S(=O)(=O)N(C)c2ccc(C(=O)N/N=C\c3ccccn3)cc2)cc1. The van der Waals surface area contributed by atoms with Gasteiger partial charge in [-0.05, 0) is 55.5 Å². The van der Waals surface area contributed by atoms with Crippen LogP contribution < -0.4 is 9.73 Å². The minimum absolute atomic E-state index is 0.205. The number of pyridine rings is 1. The van der Waals surface area contributed by atoms with Crippen molar-refractivity contribution in [1.82, 2.24) is 10.4 Å². The Bertz CT molecular complexity index is 1110. The molecular weight excluding hydrogens is 388 g/mol. The molecule has 0 radical (unpaired) electrons. The molecule has 0 atom stereocenters. The number of hydrogen-bond acceptors (Lipinski definition) is 5. The van der Waals surface area contributed by atoms with Gasteiger partial charge in [-0.1, -0.05) is 23.8 Å². The second-order valence-electron chi connectivity index (χ2n) is 6.29. The van der Waals surface area contributed by atoms with Gasteiger partial charge in [0.05, 0.1) is 22.5 Å². The van der Waals surface area contributed by atoms with E-state index in [4.69, 9.17) is 0 Å². The molecule has 2 aromatic carbocycles. The normalized spacial score (nSPS) is 11.4. The van der Waals surface area contributed by atoms with Crippen molar-refractivity contribution >= 4 is 27.8 Å². The first kappa shape index (κ1) is 20.2. The molecule has 7 nitrogen and oxygen atoms in total. The summed E-state index contributed by atoms with van der Waals surface area (Å²) < 4.78 is 26.7. The van der Waals surface area contributed by atoms with E-state index in [9.17, 15) is 13.2 Å². The fraction of sp³-hybridized carbons (Fsp3) is 0.0952. The molecule has 0 unspecified atom stereocenters. The zero-order valence-electron chi connectivity index (χ0n) is 16.0. The van der Waals surface area contributed by atoms with E-state index in [-0.39, 0.29) is 4.90 Å². The summed E-state index contributed by atoms with van der Waals surface area (Å²) in [5.41, 5.74) is 4.81. The molecule has 1 amide bonds. The highest BCUT2D eigenvalue weighted by Crippen LogP contribution is 2.22. The average Bonchev–Trinajstić information content (AvgIpc) is 2.74. The summed E-state index contributed by atoms with van der Waals surface area (Å²) >= 11 is 0. The smallest absolute Gasteiger partial charge is 0.269 e. The lowest BCUT2D eigenvalue weighted by atomic mass is 10.2. The van der Waals surface area contributed by atoms with E-state index in [0.717, 1.165) is 5.56 Å². The van der Waals surface area contributed by atoms with Crippen LogP contribution in [0.1, 0.15) is 21.6 Å². The largest absolute Gasteiger partial charge is 0.271 e. The van der Waals surface area contributed by atoms with Crippen LogP contribution in [-0.4, -0.2) is 32.6 Å². The number of aromatic nitrogens is 1. The fourth-order valence-electron chi connectivity index (χ4n) is 2.50. The standard InChI is InChI=1S/C21H20N4O3S/c1-16-6-12-20(13-7-16)29(27,28)25(2)19-10-8-17(9-11-19)21(26)24-23-15-18-5-3-4-14-22-18/h3-15H,1-2H3,(H,24,26)/b23-15-. The number of rotatable bonds is 6. The van der Waals surface area contributed by atoms with Crippen LogP contribution in [-0.2, 0) is 10.0 Å². The van der Waals surface area contributed by atoms with Gasteiger partial charge in [-0.15, -0.1) is 0 Å². The Morgan fingerprint density at radius 1 is 1.03 bits per heavy atom. The number of aryl methyl sites for hydroxylation is 1. The molecule has 8 heteroatoms. The van der Waals surface area contributed by atoms with Crippen molar-refractivity contribution in [2.24, 2.45) is 5.10 Å². The first-order valence-electron chi connectivity index (χ1n) is 8.78. The Morgan fingerprint density at radius 3 is 2.34 bits per heavy atom. The van der Waals surface area contributed by atoms with Gasteiger partial charge in [0.25, 0.3) is 15.9 Å². The van der Waals surface area contributed by atoms with Crippen molar-refractivity contribution in [2.45, 2.75) is 11.8 Å². The number of carbonyl (C=O) groups excluding carboxylic acids is 1. The first-order valence-corrected chi connectivity index (χ1v) is 10.2. The molecule has 0 spiro atoms. The monoisotopic (exact) mass is 408 g/mol. The summed E-state index contributed by atoms with van der Waals surface area (Å²) in [6, 6.07) is 18.2. The summed E-state index contributed by atoms with van der Waals surface area (Å²) in [5.74, 6) is -0.409. The molecule has 0 fully saturated rings. The lowest BCUT2D eigenvalue weighted by molar-refractivity contribution is 0.0955. The Balaban J connectivity index is 1.69. The van der Waals surface area contributed by atoms with Gasteiger partial charge in [0, 0.05) is 18.8 Å². The Kier molecular flexibility index (Phi) is 6.04. The predicted octanol–water partition coefficient (Wildman–Crippen LogP) is 2.98. The zero-order valence-corrected chi connectivity index (χ0v) is 16.8. The highest BCUT2D eigenvalue weighted by molar-refractivity contribution is 7.92. The van der Waals surface area contributed by atoms with Gasteiger partial charge in [-0.2, -0.15) is 5.10 Å². The Hall–Kier alpha value is -3.52. The summed E-state index contributed by atoms with van der Waals surface area (Å²) in [5, 5.41) is 3.87. The summed E-state index contributed by atoms with van der Waals surface area (Å²) in [6.45, 7) is 1.89. The molecule has 0 saturated carbocycles. The van der Waals surface area contributed by atoms with Crippen LogP contribution in [0.3, 0.4) is 0 Å². The van der Waals surface area contributed by atoms with Crippen LogP contribution in [0, 0.1) is 6.92 Å². The van der Waals surface area contributed by atoms with E-state index in [0.29, 0.717) is 16.9 Å². The van der Waals surface area contributed by atoms with E-state index in [2.05, 4.69) is 15.5 Å².